The zero-order valence-electron chi connectivity index (χ0n) is 10.8. The van der Waals surface area contributed by atoms with Crippen LogP contribution < -0.4 is 21.1 Å². The maximum absolute atomic E-state index is 11.8. The van der Waals surface area contributed by atoms with E-state index in [-0.39, 0.29) is 6.03 Å². The van der Waals surface area contributed by atoms with Crippen LogP contribution in [0.25, 0.3) is 0 Å². The Balaban J connectivity index is 2.02. The second kappa shape index (κ2) is 6.16. The fourth-order valence-electron chi connectivity index (χ4n) is 1.60. The number of amides is 2. The molecule has 0 atom stereocenters. The minimum absolute atomic E-state index is 0.362. The summed E-state index contributed by atoms with van der Waals surface area (Å²) in [5.74, 6) is 0.497. The van der Waals surface area contributed by atoms with Crippen LogP contribution in [0.15, 0.2) is 42.5 Å². The van der Waals surface area contributed by atoms with E-state index in [4.69, 9.17) is 22.1 Å². The minimum atomic E-state index is -0.362. The second-order valence-electron chi connectivity index (χ2n) is 4.05. The van der Waals surface area contributed by atoms with Crippen molar-refractivity contribution in [1.82, 2.24) is 0 Å². The van der Waals surface area contributed by atoms with Gasteiger partial charge in [-0.05, 0) is 36.4 Å². The van der Waals surface area contributed by atoms with Crippen LogP contribution in [0.1, 0.15) is 0 Å². The molecule has 4 N–H and O–H groups in total. The number of carbonyl (C=O) groups excluding carboxylic acids is 1. The first kappa shape index (κ1) is 14.0. The topological polar surface area (TPSA) is 76.4 Å². The molecule has 0 heterocycles. The van der Waals surface area contributed by atoms with Crippen molar-refractivity contribution < 1.29 is 9.53 Å². The summed E-state index contributed by atoms with van der Waals surface area (Å²) in [6.07, 6.45) is 0. The molecule has 2 rings (SSSR count). The molecule has 0 aliphatic carbocycles. The zero-order chi connectivity index (χ0) is 14.5. The molecule has 0 bridgehead atoms. The van der Waals surface area contributed by atoms with Crippen molar-refractivity contribution in [2.24, 2.45) is 0 Å². The van der Waals surface area contributed by atoms with Crippen LogP contribution in [0.2, 0.25) is 5.02 Å². The van der Waals surface area contributed by atoms with Crippen LogP contribution in [-0.4, -0.2) is 13.1 Å². The fourth-order valence-corrected chi connectivity index (χ4v) is 1.79. The standard InChI is InChI=1S/C14H14ClN3O2/c1-20-13-8-11(6-7-12(13)15)18-14(19)17-10-4-2-9(16)3-5-10/h2-8H,16H2,1H3,(H2,17,18,19). The lowest BCUT2D eigenvalue weighted by Gasteiger charge is -2.09. The van der Waals surface area contributed by atoms with E-state index in [9.17, 15) is 4.79 Å². The highest BCUT2D eigenvalue weighted by molar-refractivity contribution is 6.32. The van der Waals surface area contributed by atoms with Gasteiger partial charge in [0.25, 0.3) is 0 Å². The number of nitrogens with one attached hydrogen (secondary N) is 2. The van der Waals surface area contributed by atoms with Crippen LogP contribution in [0, 0.1) is 0 Å². The molecule has 0 radical (unpaired) electrons. The van der Waals surface area contributed by atoms with Crippen LogP contribution in [0.3, 0.4) is 0 Å². The lowest BCUT2D eigenvalue weighted by molar-refractivity contribution is 0.262. The van der Waals surface area contributed by atoms with Crippen LogP contribution >= 0.6 is 11.6 Å². The SMILES string of the molecule is COc1cc(NC(=O)Nc2ccc(N)cc2)ccc1Cl. The van der Waals surface area contributed by atoms with Crippen molar-refractivity contribution in [2.45, 2.75) is 0 Å². The van der Waals surface area contributed by atoms with Crippen molar-refractivity contribution in [1.29, 1.82) is 0 Å². The number of anilines is 3. The van der Waals surface area contributed by atoms with Crippen molar-refractivity contribution in [3.63, 3.8) is 0 Å². The van der Waals surface area contributed by atoms with Gasteiger partial charge < -0.3 is 21.1 Å². The molecule has 0 spiro atoms. The number of ether oxygens (including phenoxy) is 1. The Morgan fingerprint density at radius 2 is 1.70 bits per heavy atom. The maximum atomic E-state index is 11.8. The Kier molecular flexibility index (Phi) is 4.32. The number of rotatable bonds is 3. The van der Waals surface area contributed by atoms with Gasteiger partial charge >= 0.3 is 6.03 Å². The van der Waals surface area contributed by atoms with Gasteiger partial charge in [0.1, 0.15) is 5.75 Å². The molecule has 2 amide bonds. The van der Waals surface area contributed by atoms with E-state index in [2.05, 4.69) is 10.6 Å². The molecule has 5 nitrogen and oxygen atoms in total. The molecule has 0 saturated carbocycles. The van der Waals surface area contributed by atoms with Gasteiger partial charge in [0, 0.05) is 23.1 Å². The van der Waals surface area contributed by atoms with E-state index in [1.165, 1.54) is 7.11 Å². The van der Waals surface area contributed by atoms with E-state index < -0.39 is 0 Å². The van der Waals surface area contributed by atoms with Crippen LogP contribution in [0.5, 0.6) is 5.75 Å². The van der Waals surface area contributed by atoms with Gasteiger partial charge in [-0.25, -0.2) is 4.79 Å². The van der Waals surface area contributed by atoms with Gasteiger partial charge in [-0.1, -0.05) is 11.6 Å². The third-order valence-corrected chi connectivity index (χ3v) is 2.89. The normalized spacial score (nSPS) is 9.90. The first-order valence-electron chi connectivity index (χ1n) is 5.85. The van der Waals surface area contributed by atoms with E-state index in [0.29, 0.717) is 27.8 Å². The molecule has 0 aromatic heterocycles. The van der Waals surface area contributed by atoms with Crippen molar-refractivity contribution in [2.75, 3.05) is 23.5 Å². The first-order chi connectivity index (χ1) is 9.58. The number of hydrogen-bond donors (Lipinski definition) is 3. The summed E-state index contributed by atoms with van der Waals surface area (Å²) in [6, 6.07) is 11.5. The fraction of sp³-hybridized carbons (Fsp3) is 0.0714. The van der Waals surface area contributed by atoms with Crippen molar-refractivity contribution >= 4 is 34.7 Å². The quantitative estimate of drug-likeness (QED) is 0.757. The first-order valence-corrected chi connectivity index (χ1v) is 6.23. The molecular formula is C14H14ClN3O2. The number of halogens is 1. The lowest BCUT2D eigenvalue weighted by atomic mass is 10.3. The zero-order valence-corrected chi connectivity index (χ0v) is 11.6. The summed E-state index contributed by atoms with van der Waals surface area (Å²) in [7, 11) is 1.51. The van der Waals surface area contributed by atoms with Gasteiger partial charge in [0.15, 0.2) is 0 Å². The average molecular weight is 292 g/mol. The number of nitrogens with two attached hydrogens (primary N) is 1. The summed E-state index contributed by atoms with van der Waals surface area (Å²) in [5, 5.41) is 5.86. The summed E-state index contributed by atoms with van der Waals surface area (Å²) in [6.45, 7) is 0. The molecule has 20 heavy (non-hydrogen) atoms. The minimum Gasteiger partial charge on any atom is -0.495 e. The van der Waals surface area contributed by atoms with E-state index in [1.807, 2.05) is 0 Å². The van der Waals surface area contributed by atoms with Crippen LogP contribution in [0.4, 0.5) is 21.9 Å². The van der Waals surface area contributed by atoms with Crippen molar-refractivity contribution in [3.8, 4) is 5.75 Å². The molecule has 2 aromatic carbocycles. The molecule has 0 fully saturated rings. The molecule has 104 valence electrons. The number of benzene rings is 2. The Morgan fingerprint density at radius 1 is 1.10 bits per heavy atom. The molecule has 0 saturated heterocycles. The third-order valence-electron chi connectivity index (χ3n) is 2.58. The highest BCUT2D eigenvalue weighted by Gasteiger charge is 2.06. The largest absolute Gasteiger partial charge is 0.495 e. The molecule has 6 heteroatoms. The van der Waals surface area contributed by atoms with E-state index >= 15 is 0 Å². The summed E-state index contributed by atoms with van der Waals surface area (Å²) < 4.78 is 5.08. The Hall–Kier alpha value is -2.40. The second-order valence-corrected chi connectivity index (χ2v) is 4.46. The number of nitrogen functional groups attached to an aromatic ring is 1. The highest BCUT2D eigenvalue weighted by atomic mass is 35.5. The molecule has 2 aromatic rings. The maximum Gasteiger partial charge on any atom is 0.323 e. The smallest absolute Gasteiger partial charge is 0.323 e. The van der Waals surface area contributed by atoms with Gasteiger partial charge in [-0.3, -0.25) is 0 Å². The molecule has 0 aliphatic heterocycles. The Bertz CT molecular complexity index is 614. The number of carbonyl (C=O) groups is 1. The van der Waals surface area contributed by atoms with E-state index in [1.54, 1.807) is 42.5 Å². The molecular weight excluding hydrogens is 278 g/mol. The summed E-state index contributed by atoms with van der Waals surface area (Å²) in [5.41, 5.74) is 7.44. The van der Waals surface area contributed by atoms with Gasteiger partial charge in [-0.2, -0.15) is 0 Å². The molecule has 0 unspecified atom stereocenters. The predicted octanol–water partition coefficient (Wildman–Crippen LogP) is 3.57. The monoisotopic (exact) mass is 291 g/mol. The predicted molar refractivity (Wildman–Crippen MR) is 81.5 cm³/mol. The number of methoxy groups -OCH3 is 1. The van der Waals surface area contributed by atoms with Gasteiger partial charge in [-0.15, -0.1) is 0 Å². The summed E-state index contributed by atoms with van der Waals surface area (Å²) >= 11 is 5.91. The number of urea groups is 1. The lowest BCUT2D eigenvalue weighted by Crippen LogP contribution is -2.19. The van der Waals surface area contributed by atoms with Crippen molar-refractivity contribution in [3.05, 3.63) is 47.5 Å². The van der Waals surface area contributed by atoms with Gasteiger partial charge in [0.2, 0.25) is 0 Å². The van der Waals surface area contributed by atoms with Crippen LogP contribution in [-0.2, 0) is 0 Å². The molecule has 0 aliphatic rings. The number of hydrogen-bond acceptors (Lipinski definition) is 3. The average Bonchev–Trinajstić information content (AvgIpc) is 2.43. The Morgan fingerprint density at radius 3 is 2.35 bits per heavy atom. The summed E-state index contributed by atoms with van der Waals surface area (Å²) in [4.78, 5) is 11.8. The van der Waals surface area contributed by atoms with E-state index in [0.717, 1.165) is 0 Å². The highest BCUT2D eigenvalue weighted by Crippen LogP contribution is 2.27. The van der Waals surface area contributed by atoms with Gasteiger partial charge in [0.05, 0.1) is 12.1 Å². The Labute approximate surface area is 121 Å². The third kappa shape index (κ3) is 3.55.